The molecule has 0 aromatic heterocycles. The highest BCUT2D eigenvalue weighted by Crippen LogP contribution is 2.33. The monoisotopic (exact) mass is 446 g/mol. The van der Waals surface area contributed by atoms with Gasteiger partial charge in [0.1, 0.15) is 28.7 Å². The molecule has 3 aromatic rings. The molecule has 4 heteroatoms. The standard InChI is InChI=1S/C28H34O3Si/c1-7-21-10-20(6)11-24(12-21)29-25-13-22(8-2)14-26(17-25)30-27-15-23(9-3)16-28(18-27)31-32-19(4)5/h10-19H,7-9H2,1-6H3. The van der Waals surface area contributed by atoms with Crippen LogP contribution in [0.3, 0.4) is 0 Å². The summed E-state index contributed by atoms with van der Waals surface area (Å²) in [6.07, 6.45) is 2.81. The fourth-order valence-corrected chi connectivity index (χ4v) is 3.94. The van der Waals surface area contributed by atoms with Crippen molar-refractivity contribution in [1.29, 1.82) is 0 Å². The van der Waals surface area contributed by atoms with E-state index in [1.807, 2.05) is 12.1 Å². The average Bonchev–Trinajstić information content (AvgIpc) is 2.76. The smallest absolute Gasteiger partial charge is 0.313 e. The van der Waals surface area contributed by atoms with E-state index in [-0.39, 0.29) is 0 Å². The van der Waals surface area contributed by atoms with Crippen LogP contribution >= 0.6 is 0 Å². The van der Waals surface area contributed by atoms with Gasteiger partial charge in [0.25, 0.3) is 0 Å². The van der Waals surface area contributed by atoms with Crippen molar-refractivity contribution in [2.75, 3.05) is 0 Å². The summed E-state index contributed by atoms with van der Waals surface area (Å²) in [7, 11) is 0.430. The van der Waals surface area contributed by atoms with Gasteiger partial charge < -0.3 is 13.9 Å². The van der Waals surface area contributed by atoms with Gasteiger partial charge in [-0.3, -0.25) is 0 Å². The molecule has 0 atom stereocenters. The molecule has 32 heavy (non-hydrogen) atoms. The van der Waals surface area contributed by atoms with Crippen LogP contribution in [0.25, 0.3) is 0 Å². The molecule has 3 nitrogen and oxygen atoms in total. The molecule has 0 aliphatic carbocycles. The number of rotatable bonds is 10. The van der Waals surface area contributed by atoms with E-state index in [0.717, 1.165) is 48.0 Å². The van der Waals surface area contributed by atoms with Gasteiger partial charge in [-0.2, -0.15) is 0 Å². The molecule has 0 saturated heterocycles. The highest BCUT2D eigenvalue weighted by Gasteiger charge is 2.09. The molecule has 168 valence electrons. The fraction of sp³-hybridized carbons (Fsp3) is 0.357. The second-order valence-corrected chi connectivity index (χ2v) is 10.0. The van der Waals surface area contributed by atoms with E-state index in [1.165, 1.54) is 22.3 Å². The van der Waals surface area contributed by atoms with Crippen molar-refractivity contribution in [3.8, 4) is 28.7 Å². The predicted octanol–water partition coefficient (Wildman–Crippen LogP) is 8.09. The summed E-state index contributed by atoms with van der Waals surface area (Å²) >= 11 is 0. The maximum absolute atomic E-state index is 6.30. The summed E-state index contributed by atoms with van der Waals surface area (Å²) < 4.78 is 18.5. The van der Waals surface area contributed by atoms with Crippen molar-refractivity contribution in [1.82, 2.24) is 0 Å². The molecule has 0 unspecified atom stereocenters. The van der Waals surface area contributed by atoms with E-state index in [9.17, 15) is 0 Å². The van der Waals surface area contributed by atoms with Gasteiger partial charge in [-0.25, -0.2) is 0 Å². The third-order valence-corrected chi connectivity index (χ3v) is 5.92. The highest BCUT2D eigenvalue weighted by atomic mass is 28.2. The summed E-state index contributed by atoms with van der Waals surface area (Å²) in [6.45, 7) is 12.9. The summed E-state index contributed by atoms with van der Waals surface area (Å²) in [5.41, 5.74) is 5.34. The average molecular weight is 447 g/mol. The van der Waals surface area contributed by atoms with Gasteiger partial charge in [-0.05, 0) is 90.4 Å². The maximum Gasteiger partial charge on any atom is 0.313 e. The minimum absolute atomic E-state index is 0.430. The lowest BCUT2D eigenvalue weighted by molar-refractivity contribution is 0.456. The third kappa shape index (κ3) is 6.89. The Hall–Kier alpha value is -2.72. The Balaban J connectivity index is 1.87. The zero-order valence-corrected chi connectivity index (χ0v) is 21.1. The molecule has 0 amide bonds. The van der Waals surface area contributed by atoms with Crippen LogP contribution in [-0.2, 0) is 19.3 Å². The first-order valence-corrected chi connectivity index (χ1v) is 12.5. The molecular formula is C28H34O3Si. The van der Waals surface area contributed by atoms with Gasteiger partial charge in [0.15, 0.2) is 0 Å². The first-order chi connectivity index (χ1) is 15.4. The Labute approximate surface area is 195 Å². The first-order valence-electron chi connectivity index (χ1n) is 11.5. The van der Waals surface area contributed by atoms with E-state index in [2.05, 4.69) is 84.0 Å². The molecule has 0 aliphatic heterocycles. The molecule has 0 N–H and O–H groups in total. The zero-order chi connectivity index (χ0) is 23.1. The summed E-state index contributed by atoms with van der Waals surface area (Å²) in [5.74, 6) is 4.07. The molecule has 0 spiro atoms. The van der Waals surface area contributed by atoms with E-state index in [0.29, 0.717) is 15.3 Å². The quantitative estimate of drug-likeness (QED) is 0.294. The van der Waals surface area contributed by atoms with Crippen LogP contribution in [0.2, 0.25) is 5.54 Å². The second kappa shape index (κ2) is 11.2. The SMILES string of the molecule is CCc1cc(C)cc(Oc2cc(CC)cc(Oc3cc(CC)cc(O[Si]C(C)C)c3)c2)c1. The van der Waals surface area contributed by atoms with Crippen molar-refractivity contribution in [2.45, 2.75) is 66.3 Å². The zero-order valence-electron chi connectivity index (χ0n) is 20.1. The van der Waals surface area contributed by atoms with Crippen molar-refractivity contribution < 1.29 is 13.9 Å². The van der Waals surface area contributed by atoms with E-state index < -0.39 is 0 Å². The van der Waals surface area contributed by atoms with Gasteiger partial charge in [-0.1, -0.05) is 40.7 Å². The first kappa shape index (κ1) is 23.9. The maximum atomic E-state index is 6.30. The summed E-state index contributed by atoms with van der Waals surface area (Å²) in [5, 5.41) is 0. The third-order valence-electron chi connectivity index (χ3n) is 5.10. The Morgan fingerprint density at radius 3 is 1.47 bits per heavy atom. The topological polar surface area (TPSA) is 27.7 Å². The molecule has 0 bridgehead atoms. The van der Waals surface area contributed by atoms with Crippen LogP contribution in [0, 0.1) is 6.92 Å². The van der Waals surface area contributed by atoms with E-state index in [4.69, 9.17) is 13.9 Å². The van der Waals surface area contributed by atoms with Gasteiger partial charge in [-0.15, -0.1) is 0 Å². The van der Waals surface area contributed by atoms with E-state index in [1.54, 1.807) is 0 Å². The second-order valence-electron chi connectivity index (χ2n) is 8.42. The number of hydrogen-bond donors (Lipinski definition) is 0. The molecule has 3 rings (SSSR count). The van der Waals surface area contributed by atoms with Crippen molar-refractivity contribution in [2.24, 2.45) is 0 Å². The van der Waals surface area contributed by atoms with Crippen molar-refractivity contribution in [3.05, 3.63) is 76.9 Å². The number of hydrogen-bond acceptors (Lipinski definition) is 3. The fourth-order valence-electron chi connectivity index (χ4n) is 3.45. The molecule has 2 radical (unpaired) electrons. The lowest BCUT2D eigenvalue weighted by atomic mass is 10.1. The molecular weight excluding hydrogens is 412 g/mol. The molecule has 0 saturated carbocycles. The van der Waals surface area contributed by atoms with Gasteiger partial charge in [0.05, 0.1) is 0 Å². The Morgan fingerprint density at radius 1 is 0.594 bits per heavy atom. The molecule has 3 aromatic carbocycles. The van der Waals surface area contributed by atoms with Crippen LogP contribution in [0.4, 0.5) is 0 Å². The lowest BCUT2D eigenvalue weighted by Crippen LogP contribution is -2.06. The summed E-state index contributed by atoms with van der Waals surface area (Å²) in [6, 6.07) is 18.7. The predicted molar refractivity (Wildman–Crippen MR) is 134 cm³/mol. The molecule has 0 aliphatic rings. The van der Waals surface area contributed by atoms with Crippen molar-refractivity contribution in [3.63, 3.8) is 0 Å². The molecule has 0 fully saturated rings. The highest BCUT2D eigenvalue weighted by molar-refractivity contribution is 6.30. The number of ether oxygens (including phenoxy) is 2. The van der Waals surface area contributed by atoms with Gasteiger partial charge >= 0.3 is 9.76 Å². The van der Waals surface area contributed by atoms with Crippen LogP contribution in [0.1, 0.15) is 56.9 Å². The van der Waals surface area contributed by atoms with Crippen LogP contribution in [-0.4, -0.2) is 9.76 Å². The minimum atomic E-state index is 0.430. The number of benzene rings is 3. The lowest BCUT2D eigenvalue weighted by Gasteiger charge is -2.15. The Bertz CT molecular complexity index is 1040. The number of aryl methyl sites for hydroxylation is 4. The van der Waals surface area contributed by atoms with Gasteiger partial charge in [0.2, 0.25) is 0 Å². The minimum Gasteiger partial charge on any atom is -0.540 e. The Morgan fingerprint density at radius 2 is 1.00 bits per heavy atom. The van der Waals surface area contributed by atoms with E-state index >= 15 is 0 Å². The van der Waals surface area contributed by atoms with Crippen LogP contribution in [0.15, 0.2) is 54.6 Å². The Kier molecular flexibility index (Phi) is 8.40. The van der Waals surface area contributed by atoms with Gasteiger partial charge in [0, 0.05) is 12.1 Å². The summed E-state index contributed by atoms with van der Waals surface area (Å²) in [4.78, 5) is 0. The largest absolute Gasteiger partial charge is 0.540 e. The molecule has 0 heterocycles. The van der Waals surface area contributed by atoms with Crippen LogP contribution in [0.5, 0.6) is 28.7 Å². The normalized spacial score (nSPS) is 11.0. The van der Waals surface area contributed by atoms with Crippen molar-refractivity contribution >= 4 is 9.76 Å². The van der Waals surface area contributed by atoms with Crippen LogP contribution < -0.4 is 13.9 Å².